The second-order valence-electron chi connectivity index (χ2n) is 5.06. The second-order valence-corrected chi connectivity index (χ2v) is 5.06. The maximum atomic E-state index is 11.8. The molecular formula is C12H24N2O2. The highest BCUT2D eigenvalue weighted by Crippen LogP contribution is 2.13. The summed E-state index contributed by atoms with van der Waals surface area (Å²) >= 11 is 0. The molecule has 1 saturated heterocycles. The number of carbonyl (C=O) groups is 1. The molecule has 0 spiro atoms. The van der Waals surface area contributed by atoms with Crippen molar-refractivity contribution in [3.8, 4) is 0 Å². The van der Waals surface area contributed by atoms with E-state index in [1.54, 1.807) is 0 Å². The van der Waals surface area contributed by atoms with Crippen LogP contribution in [0.1, 0.15) is 34.6 Å². The van der Waals surface area contributed by atoms with Gasteiger partial charge in [-0.25, -0.2) is 4.79 Å². The van der Waals surface area contributed by atoms with Crippen LogP contribution in [-0.4, -0.2) is 53.7 Å². The highest BCUT2D eigenvalue weighted by molar-refractivity contribution is 5.68. The molecule has 0 aromatic rings. The van der Waals surface area contributed by atoms with Crippen molar-refractivity contribution in [3.63, 3.8) is 0 Å². The lowest BCUT2D eigenvalue weighted by Gasteiger charge is -2.41. The summed E-state index contributed by atoms with van der Waals surface area (Å²) in [5.41, 5.74) is 0. The number of amides is 1. The Hall–Kier alpha value is -0.770. The predicted molar refractivity (Wildman–Crippen MR) is 64.5 cm³/mol. The third-order valence-corrected chi connectivity index (χ3v) is 2.96. The number of hydrogen-bond acceptors (Lipinski definition) is 3. The Labute approximate surface area is 98.5 Å². The average Bonchev–Trinajstić information content (AvgIpc) is 2.15. The first kappa shape index (κ1) is 13.3. The van der Waals surface area contributed by atoms with Gasteiger partial charge in [0.25, 0.3) is 0 Å². The Morgan fingerprint density at radius 2 is 1.88 bits per heavy atom. The SMILES string of the molecule is CC(C)OC(=O)N1CCN(C(C)C)C[C@@H]1C. The second kappa shape index (κ2) is 5.53. The Balaban J connectivity index is 2.50. The third-order valence-electron chi connectivity index (χ3n) is 2.96. The molecule has 0 saturated carbocycles. The number of carbonyl (C=O) groups excluding carboxylic acids is 1. The lowest BCUT2D eigenvalue weighted by Crippen LogP contribution is -2.55. The van der Waals surface area contributed by atoms with Crippen LogP contribution in [0, 0.1) is 0 Å². The molecule has 16 heavy (non-hydrogen) atoms. The predicted octanol–water partition coefficient (Wildman–Crippen LogP) is 1.95. The van der Waals surface area contributed by atoms with Crippen LogP contribution in [-0.2, 0) is 4.74 Å². The fourth-order valence-corrected chi connectivity index (χ4v) is 2.00. The van der Waals surface area contributed by atoms with Gasteiger partial charge < -0.3 is 9.64 Å². The van der Waals surface area contributed by atoms with Crippen molar-refractivity contribution in [2.75, 3.05) is 19.6 Å². The van der Waals surface area contributed by atoms with E-state index in [9.17, 15) is 4.79 Å². The van der Waals surface area contributed by atoms with Gasteiger partial charge in [0.2, 0.25) is 0 Å². The summed E-state index contributed by atoms with van der Waals surface area (Å²) in [4.78, 5) is 16.0. The molecule has 1 rings (SSSR count). The lowest BCUT2D eigenvalue weighted by atomic mass is 10.1. The molecule has 0 aliphatic carbocycles. The van der Waals surface area contributed by atoms with Gasteiger partial charge in [0.15, 0.2) is 0 Å². The van der Waals surface area contributed by atoms with Crippen LogP contribution in [0.5, 0.6) is 0 Å². The van der Waals surface area contributed by atoms with Gasteiger partial charge in [0.05, 0.1) is 6.10 Å². The van der Waals surface area contributed by atoms with E-state index in [1.165, 1.54) is 0 Å². The fraction of sp³-hybridized carbons (Fsp3) is 0.917. The molecule has 4 heteroatoms. The van der Waals surface area contributed by atoms with Crippen LogP contribution in [0.25, 0.3) is 0 Å². The van der Waals surface area contributed by atoms with Crippen molar-refractivity contribution in [1.82, 2.24) is 9.80 Å². The van der Waals surface area contributed by atoms with Crippen LogP contribution in [0.15, 0.2) is 0 Å². The molecule has 1 aliphatic rings. The quantitative estimate of drug-likeness (QED) is 0.724. The van der Waals surface area contributed by atoms with Gasteiger partial charge in [0.1, 0.15) is 0 Å². The molecule has 0 radical (unpaired) electrons. The maximum Gasteiger partial charge on any atom is 0.410 e. The highest BCUT2D eigenvalue weighted by Gasteiger charge is 2.29. The van der Waals surface area contributed by atoms with Crippen molar-refractivity contribution < 1.29 is 9.53 Å². The summed E-state index contributed by atoms with van der Waals surface area (Å²) in [6, 6.07) is 0.785. The van der Waals surface area contributed by atoms with Crippen molar-refractivity contribution in [1.29, 1.82) is 0 Å². The summed E-state index contributed by atoms with van der Waals surface area (Å²) in [7, 11) is 0. The molecule has 1 heterocycles. The van der Waals surface area contributed by atoms with Gasteiger partial charge in [-0.05, 0) is 34.6 Å². The Bertz CT molecular complexity index is 241. The minimum absolute atomic E-state index is 0.0390. The first-order chi connectivity index (χ1) is 7.41. The minimum Gasteiger partial charge on any atom is -0.447 e. The number of rotatable bonds is 2. The first-order valence-electron chi connectivity index (χ1n) is 6.13. The van der Waals surface area contributed by atoms with E-state index in [2.05, 4.69) is 25.7 Å². The summed E-state index contributed by atoms with van der Waals surface area (Å²) in [5, 5.41) is 0. The molecular weight excluding hydrogens is 204 g/mol. The Morgan fingerprint density at radius 3 is 2.31 bits per heavy atom. The molecule has 1 amide bonds. The van der Waals surface area contributed by atoms with E-state index < -0.39 is 0 Å². The Morgan fingerprint density at radius 1 is 1.25 bits per heavy atom. The number of hydrogen-bond donors (Lipinski definition) is 0. The van der Waals surface area contributed by atoms with Crippen LogP contribution in [0.4, 0.5) is 4.79 Å². The van der Waals surface area contributed by atoms with E-state index in [0.717, 1.165) is 19.6 Å². The van der Waals surface area contributed by atoms with Crippen LogP contribution in [0.2, 0.25) is 0 Å². The molecule has 94 valence electrons. The Kier molecular flexibility index (Phi) is 4.59. The maximum absolute atomic E-state index is 11.8. The standard InChI is InChI=1S/C12H24N2O2/c1-9(2)13-6-7-14(11(5)8-13)12(15)16-10(3)4/h9-11H,6-8H2,1-5H3/t11-/m0/s1. The number of ether oxygens (including phenoxy) is 1. The van der Waals surface area contributed by atoms with Crippen molar-refractivity contribution in [3.05, 3.63) is 0 Å². The smallest absolute Gasteiger partial charge is 0.410 e. The van der Waals surface area contributed by atoms with E-state index >= 15 is 0 Å². The molecule has 1 atom stereocenters. The summed E-state index contributed by atoms with van der Waals surface area (Å²) < 4.78 is 5.22. The van der Waals surface area contributed by atoms with Gasteiger partial charge in [-0.1, -0.05) is 0 Å². The van der Waals surface area contributed by atoms with Gasteiger partial charge in [-0.15, -0.1) is 0 Å². The summed E-state index contributed by atoms with van der Waals surface area (Å²) in [6.45, 7) is 12.9. The molecule has 0 aromatic heterocycles. The van der Waals surface area contributed by atoms with E-state index in [1.807, 2.05) is 18.7 Å². The largest absolute Gasteiger partial charge is 0.447 e. The molecule has 0 unspecified atom stereocenters. The van der Waals surface area contributed by atoms with E-state index in [4.69, 9.17) is 4.74 Å². The highest BCUT2D eigenvalue weighted by atomic mass is 16.6. The molecule has 0 aromatic carbocycles. The first-order valence-corrected chi connectivity index (χ1v) is 6.13. The summed E-state index contributed by atoms with van der Waals surface area (Å²) in [5.74, 6) is 0. The van der Waals surface area contributed by atoms with E-state index in [0.29, 0.717) is 6.04 Å². The van der Waals surface area contributed by atoms with Crippen molar-refractivity contribution in [2.45, 2.75) is 52.8 Å². The molecule has 0 bridgehead atoms. The zero-order valence-corrected chi connectivity index (χ0v) is 11.1. The zero-order valence-electron chi connectivity index (χ0n) is 11.1. The van der Waals surface area contributed by atoms with Crippen LogP contribution < -0.4 is 0 Å². The molecule has 1 fully saturated rings. The number of piperazine rings is 1. The molecule has 1 aliphatic heterocycles. The van der Waals surface area contributed by atoms with E-state index in [-0.39, 0.29) is 18.2 Å². The van der Waals surface area contributed by atoms with Crippen molar-refractivity contribution in [2.24, 2.45) is 0 Å². The molecule has 0 N–H and O–H groups in total. The van der Waals surface area contributed by atoms with Gasteiger partial charge >= 0.3 is 6.09 Å². The lowest BCUT2D eigenvalue weighted by molar-refractivity contribution is 0.0294. The average molecular weight is 228 g/mol. The van der Waals surface area contributed by atoms with Crippen molar-refractivity contribution >= 4 is 6.09 Å². The normalized spacial score (nSPS) is 22.9. The zero-order chi connectivity index (χ0) is 12.3. The number of nitrogens with zero attached hydrogens (tertiary/aromatic N) is 2. The summed E-state index contributed by atoms with van der Waals surface area (Å²) in [6.07, 6.45) is -0.214. The fourth-order valence-electron chi connectivity index (χ4n) is 2.00. The third kappa shape index (κ3) is 3.37. The van der Waals surface area contributed by atoms with Crippen LogP contribution >= 0.6 is 0 Å². The van der Waals surface area contributed by atoms with Gasteiger partial charge in [-0.3, -0.25) is 4.90 Å². The topological polar surface area (TPSA) is 32.8 Å². The molecule has 4 nitrogen and oxygen atoms in total. The monoisotopic (exact) mass is 228 g/mol. The minimum atomic E-state index is -0.175. The van der Waals surface area contributed by atoms with Gasteiger partial charge in [-0.2, -0.15) is 0 Å². The van der Waals surface area contributed by atoms with Gasteiger partial charge in [0, 0.05) is 31.7 Å². The van der Waals surface area contributed by atoms with Crippen LogP contribution in [0.3, 0.4) is 0 Å².